The highest BCUT2D eigenvalue weighted by Gasteiger charge is 2.44. The van der Waals surface area contributed by atoms with Crippen LogP contribution in [0.15, 0.2) is 24.3 Å². The van der Waals surface area contributed by atoms with Crippen LogP contribution in [0, 0.1) is 0 Å². The number of carbonyl (C=O) groups is 1. The Morgan fingerprint density at radius 1 is 0.607 bits per heavy atom. The second-order valence-electron chi connectivity index (χ2n) is 16.1. The summed E-state index contributed by atoms with van der Waals surface area (Å²) in [7, 11) is 0. The van der Waals surface area contributed by atoms with Crippen LogP contribution in [0.4, 0.5) is 0 Å². The molecule has 9 unspecified atom stereocenters. The predicted molar refractivity (Wildman–Crippen MR) is 224 cm³/mol. The predicted octanol–water partition coefficient (Wildman–Crippen LogP) is 7.06. The third kappa shape index (κ3) is 25.2. The zero-order valence-electron chi connectivity index (χ0n) is 35.4. The number of rotatable bonds is 37. The molecule has 56 heavy (non-hydrogen) atoms. The molecule has 1 saturated heterocycles. The molecule has 0 aromatic carbocycles. The van der Waals surface area contributed by atoms with E-state index in [0.29, 0.717) is 12.8 Å². The SMILES string of the molecule is CCCCCC/C=C/CCCC(O)C(O)C(COC1OC(CO)C(O)C(O)C1O)NC(=O)C(O)CCCCCCCC/C=C\CCCCCCCCCCCC. The van der Waals surface area contributed by atoms with Crippen molar-refractivity contribution in [2.24, 2.45) is 0 Å². The second-order valence-corrected chi connectivity index (χ2v) is 16.1. The van der Waals surface area contributed by atoms with Crippen molar-refractivity contribution >= 4 is 5.91 Å². The monoisotopic (exact) mass is 800 g/mol. The number of ether oxygens (including phenoxy) is 2. The van der Waals surface area contributed by atoms with Crippen molar-refractivity contribution in [1.29, 1.82) is 0 Å². The molecule has 8 N–H and O–H groups in total. The molecule has 0 radical (unpaired) electrons. The lowest BCUT2D eigenvalue weighted by Gasteiger charge is -2.40. The van der Waals surface area contributed by atoms with Gasteiger partial charge >= 0.3 is 0 Å². The summed E-state index contributed by atoms with van der Waals surface area (Å²) >= 11 is 0. The van der Waals surface area contributed by atoms with Crippen LogP contribution in [0.25, 0.3) is 0 Å². The molecule has 1 amide bonds. The third-order valence-electron chi connectivity index (χ3n) is 11.0. The molecule has 1 aliphatic heterocycles. The van der Waals surface area contributed by atoms with Gasteiger partial charge in [0.2, 0.25) is 5.91 Å². The third-order valence-corrected chi connectivity index (χ3v) is 11.0. The van der Waals surface area contributed by atoms with Crippen molar-refractivity contribution in [3.63, 3.8) is 0 Å². The first-order valence-electron chi connectivity index (χ1n) is 22.7. The number of hydrogen-bond acceptors (Lipinski definition) is 10. The number of unbranched alkanes of at least 4 members (excludes halogenated alkanes) is 21. The normalized spacial score (nSPS) is 22.5. The summed E-state index contributed by atoms with van der Waals surface area (Å²) in [5, 5.41) is 75.3. The molecular formula is C45H85NO10. The summed E-state index contributed by atoms with van der Waals surface area (Å²) in [6.07, 6.45) is 26.8. The Bertz CT molecular complexity index is 965. The van der Waals surface area contributed by atoms with Crippen LogP contribution in [0.2, 0.25) is 0 Å². The maximum Gasteiger partial charge on any atom is 0.249 e. The fourth-order valence-corrected chi connectivity index (χ4v) is 7.14. The minimum absolute atomic E-state index is 0.247. The highest BCUT2D eigenvalue weighted by Crippen LogP contribution is 2.23. The van der Waals surface area contributed by atoms with Gasteiger partial charge in [0, 0.05) is 0 Å². The van der Waals surface area contributed by atoms with Gasteiger partial charge in [-0.1, -0.05) is 147 Å². The van der Waals surface area contributed by atoms with E-state index in [4.69, 9.17) is 9.47 Å². The van der Waals surface area contributed by atoms with Gasteiger partial charge in [-0.2, -0.15) is 0 Å². The van der Waals surface area contributed by atoms with E-state index in [1.807, 2.05) is 0 Å². The number of nitrogens with one attached hydrogen (secondary N) is 1. The average molecular weight is 800 g/mol. The number of carbonyl (C=O) groups excluding carboxylic acids is 1. The van der Waals surface area contributed by atoms with E-state index < -0.39 is 74.2 Å². The van der Waals surface area contributed by atoms with E-state index in [0.717, 1.165) is 57.8 Å². The molecule has 0 saturated carbocycles. The number of amides is 1. The molecule has 0 bridgehead atoms. The van der Waals surface area contributed by atoms with Gasteiger partial charge < -0.3 is 50.5 Å². The van der Waals surface area contributed by atoms with Crippen molar-refractivity contribution < 1.29 is 50.0 Å². The van der Waals surface area contributed by atoms with Crippen LogP contribution in [0.3, 0.4) is 0 Å². The van der Waals surface area contributed by atoms with E-state index in [1.165, 1.54) is 89.9 Å². The molecule has 330 valence electrons. The van der Waals surface area contributed by atoms with Crippen LogP contribution < -0.4 is 5.32 Å². The second kappa shape index (κ2) is 35.5. The molecule has 1 fully saturated rings. The zero-order chi connectivity index (χ0) is 41.2. The summed E-state index contributed by atoms with van der Waals surface area (Å²) in [6, 6.07) is -1.18. The topological polar surface area (TPSA) is 189 Å². The standard InChI is InChI=1S/C45H85NO10/c1-3-5-7-9-11-13-14-15-16-17-18-19-20-21-22-23-25-27-29-31-33-38(49)44(54)46-36(35-55-45-43(53)42(52)41(51)39(34-47)56-45)40(50)37(48)32-30-28-26-24-12-10-8-6-4-2/h19-20,24,26,36-43,45,47-53H,3-18,21-23,25,27-35H2,1-2H3,(H,46,54)/b20-19-,26-24+. The van der Waals surface area contributed by atoms with Crippen molar-refractivity contribution in [3.05, 3.63) is 24.3 Å². The van der Waals surface area contributed by atoms with Crippen molar-refractivity contribution in [2.75, 3.05) is 13.2 Å². The Kier molecular flexibility index (Phi) is 33.4. The van der Waals surface area contributed by atoms with Gasteiger partial charge in [-0.3, -0.25) is 4.79 Å². The van der Waals surface area contributed by atoms with Crippen molar-refractivity contribution in [2.45, 2.75) is 242 Å². The number of hydrogen-bond donors (Lipinski definition) is 8. The summed E-state index contributed by atoms with van der Waals surface area (Å²) in [4.78, 5) is 13.0. The fourth-order valence-electron chi connectivity index (χ4n) is 7.14. The Morgan fingerprint density at radius 2 is 1.05 bits per heavy atom. The van der Waals surface area contributed by atoms with Crippen LogP contribution in [-0.4, -0.2) is 110 Å². The highest BCUT2D eigenvalue weighted by molar-refractivity contribution is 5.80. The van der Waals surface area contributed by atoms with Gasteiger partial charge in [0.25, 0.3) is 0 Å². The Balaban J connectivity index is 2.41. The van der Waals surface area contributed by atoms with E-state index in [-0.39, 0.29) is 12.8 Å². The Morgan fingerprint density at radius 3 is 1.55 bits per heavy atom. The molecule has 1 aliphatic rings. The first-order valence-corrected chi connectivity index (χ1v) is 22.7. The van der Waals surface area contributed by atoms with Gasteiger partial charge in [-0.05, 0) is 64.2 Å². The molecule has 0 aliphatic carbocycles. The lowest BCUT2D eigenvalue weighted by molar-refractivity contribution is -0.303. The number of allylic oxidation sites excluding steroid dienone is 4. The molecule has 9 atom stereocenters. The summed E-state index contributed by atoms with van der Waals surface area (Å²) in [6.45, 7) is 3.37. The summed E-state index contributed by atoms with van der Waals surface area (Å²) < 4.78 is 11.0. The van der Waals surface area contributed by atoms with Crippen molar-refractivity contribution in [3.8, 4) is 0 Å². The minimum Gasteiger partial charge on any atom is -0.394 e. The lowest BCUT2D eigenvalue weighted by Crippen LogP contribution is -2.60. The van der Waals surface area contributed by atoms with E-state index >= 15 is 0 Å². The zero-order valence-corrected chi connectivity index (χ0v) is 35.4. The Labute approximate surface area is 340 Å². The molecule has 0 spiro atoms. The van der Waals surface area contributed by atoms with Crippen LogP contribution in [-0.2, 0) is 14.3 Å². The number of aliphatic hydroxyl groups excluding tert-OH is 7. The van der Waals surface area contributed by atoms with E-state index in [9.17, 15) is 40.5 Å². The molecule has 1 rings (SSSR count). The van der Waals surface area contributed by atoms with Crippen molar-refractivity contribution in [1.82, 2.24) is 5.32 Å². The average Bonchev–Trinajstić information content (AvgIpc) is 3.20. The van der Waals surface area contributed by atoms with Crippen LogP contribution in [0.5, 0.6) is 0 Å². The molecule has 11 nitrogen and oxygen atoms in total. The van der Waals surface area contributed by atoms with Gasteiger partial charge in [0.1, 0.15) is 36.6 Å². The fraction of sp³-hybridized carbons (Fsp3) is 0.889. The van der Waals surface area contributed by atoms with Crippen LogP contribution in [0.1, 0.15) is 187 Å². The van der Waals surface area contributed by atoms with Gasteiger partial charge in [0.05, 0.1) is 25.4 Å². The smallest absolute Gasteiger partial charge is 0.249 e. The first-order chi connectivity index (χ1) is 27.2. The summed E-state index contributed by atoms with van der Waals surface area (Å²) in [5.74, 6) is -0.714. The van der Waals surface area contributed by atoms with Crippen LogP contribution >= 0.6 is 0 Å². The maximum absolute atomic E-state index is 13.0. The largest absolute Gasteiger partial charge is 0.394 e. The Hall–Kier alpha value is -1.41. The van der Waals surface area contributed by atoms with Gasteiger partial charge in [-0.25, -0.2) is 0 Å². The summed E-state index contributed by atoms with van der Waals surface area (Å²) in [5.41, 5.74) is 0. The lowest BCUT2D eigenvalue weighted by atomic mass is 9.98. The van der Waals surface area contributed by atoms with E-state index in [2.05, 4.69) is 43.5 Å². The first kappa shape index (κ1) is 52.6. The quantitative estimate of drug-likeness (QED) is 0.0239. The molecule has 1 heterocycles. The number of aliphatic hydroxyl groups is 7. The van der Waals surface area contributed by atoms with E-state index in [1.54, 1.807) is 0 Å². The van der Waals surface area contributed by atoms with Gasteiger partial charge in [-0.15, -0.1) is 0 Å². The molecule has 0 aromatic heterocycles. The molecule has 0 aromatic rings. The minimum atomic E-state index is -1.67. The molecule has 11 heteroatoms. The maximum atomic E-state index is 13.0. The molecular weight excluding hydrogens is 714 g/mol. The van der Waals surface area contributed by atoms with Gasteiger partial charge in [0.15, 0.2) is 6.29 Å². The highest BCUT2D eigenvalue weighted by atomic mass is 16.7.